The number of anilines is 1. The Morgan fingerprint density at radius 2 is 1.75 bits per heavy atom. The van der Waals surface area contributed by atoms with Gasteiger partial charge in [0.25, 0.3) is 0 Å². The van der Waals surface area contributed by atoms with E-state index in [-0.39, 0.29) is 0 Å². The maximum Gasteiger partial charge on any atom is 0.407 e. The molecular formula is C14H21N3O2S. The normalized spacial score (nSPS) is 10.6. The minimum Gasteiger partial charge on any atom is -0.444 e. The molecule has 0 radical (unpaired) electrons. The first-order valence-electron chi connectivity index (χ1n) is 6.43. The lowest BCUT2D eigenvalue weighted by atomic mass is 10.2. The van der Waals surface area contributed by atoms with Crippen LogP contribution in [-0.4, -0.2) is 29.9 Å². The van der Waals surface area contributed by atoms with Crippen LogP contribution in [0.1, 0.15) is 20.8 Å². The smallest absolute Gasteiger partial charge is 0.407 e. The van der Waals surface area contributed by atoms with Gasteiger partial charge in [0.1, 0.15) is 5.60 Å². The van der Waals surface area contributed by atoms with Crippen LogP contribution >= 0.6 is 12.2 Å². The van der Waals surface area contributed by atoms with E-state index in [1.54, 1.807) is 0 Å². The van der Waals surface area contributed by atoms with Gasteiger partial charge in [0.2, 0.25) is 0 Å². The number of alkyl carbamates (subject to hydrolysis) is 1. The van der Waals surface area contributed by atoms with Crippen LogP contribution in [0, 0.1) is 0 Å². The van der Waals surface area contributed by atoms with Crippen molar-refractivity contribution < 1.29 is 9.53 Å². The molecule has 0 saturated carbocycles. The van der Waals surface area contributed by atoms with Crippen LogP contribution in [-0.2, 0) is 4.74 Å². The van der Waals surface area contributed by atoms with Gasteiger partial charge in [0.15, 0.2) is 5.11 Å². The number of rotatable bonds is 4. The van der Waals surface area contributed by atoms with Crippen molar-refractivity contribution in [1.29, 1.82) is 0 Å². The van der Waals surface area contributed by atoms with E-state index in [1.807, 2.05) is 51.1 Å². The van der Waals surface area contributed by atoms with Gasteiger partial charge in [0.05, 0.1) is 0 Å². The average Bonchev–Trinajstić information content (AvgIpc) is 2.34. The Hall–Kier alpha value is -1.82. The summed E-state index contributed by atoms with van der Waals surface area (Å²) in [4.78, 5) is 11.4. The minimum atomic E-state index is -0.484. The number of ether oxygens (including phenoxy) is 1. The van der Waals surface area contributed by atoms with E-state index < -0.39 is 11.7 Å². The summed E-state index contributed by atoms with van der Waals surface area (Å²) in [5, 5.41) is 9.21. The monoisotopic (exact) mass is 295 g/mol. The maximum absolute atomic E-state index is 11.4. The lowest BCUT2D eigenvalue weighted by Crippen LogP contribution is -2.39. The third-order valence-electron chi connectivity index (χ3n) is 2.11. The van der Waals surface area contributed by atoms with Gasteiger partial charge in [-0.15, -0.1) is 0 Å². The third-order valence-corrected chi connectivity index (χ3v) is 2.36. The van der Waals surface area contributed by atoms with Gasteiger partial charge in [0, 0.05) is 18.8 Å². The van der Waals surface area contributed by atoms with Crippen LogP contribution in [0.5, 0.6) is 0 Å². The standard InChI is InChI=1S/C14H21N3O2S/c1-14(2,3)19-13(18)16-10-9-15-12(20)17-11-7-5-4-6-8-11/h4-8H,9-10H2,1-3H3,(H,16,18)(H2,15,17,20). The number of hydrogen-bond acceptors (Lipinski definition) is 3. The van der Waals surface area contributed by atoms with E-state index in [9.17, 15) is 4.79 Å². The zero-order valence-electron chi connectivity index (χ0n) is 12.0. The summed E-state index contributed by atoms with van der Waals surface area (Å²) >= 11 is 5.14. The van der Waals surface area contributed by atoms with Crippen LogP contribution in [0.15, 0.2) is 30.3 Å². The molecule has 5 nitrogen and oxygen atoms in total. The fourth-order valence-electron chi connectivity index (χ4n) is 1.35. The second-order valence-electron chi connectivity index (χ2n) is 5.18. The molecule has 0 aromatic heterocycles. The van der Waals surface area contributed by atoms with E-state index in [1.165, 1.54) is 0 Å². The number of nitrogens with one attached hydrogen (secondary N) is 3. The molecule has 1 aromatic carbocycles. The third kappa shape index (κ3) is 7.58. The number of hydrogen-bond donors (Lipinski definition) is 3. The van der Waals surface area contributed by atoms with Crippen LogP contribution in [0.2, 0.25) is 0 Å². The van der Waals surface area contributed by atoms with Crippen LogP contribution in [0.3, 0.4) is 0 Å². The van der Waals surface area contributed by atoms with E-state index in [2.05, 4.69) is 16.0 Å². The lowest BCUT2D eigenvalue weighted by Gasteiger charge is -2.19. The summed E-state index contributed by atoms with van der Waals surface area (Å²) in [6.07, 6.45) is -0.429. The van der Waals surface area contributed by atoms with Crippen molar-refractivity contribution in [2.24, 2.45) is 0 Å². The second-order valence-corrected chi connectivity index (χ2v) is 5.58. The van der Waals surface area contributed by atoms with Gasteiger partial charge < -0.3 is 20.7 Å². The molecule has 1 rings (SSSR count). The number of carbonyl (C=O) groups is 1. The Labute approximate surface area is 125 Å². The van der Waals surface area contributed by atoms with Crippen LogP contribution in [0.25, 0.3) is 0 Å². The summed E-state index contributed by atoms with van der Waals surface area (Å²) in [7, 11) is 0. The number of thiocarbonyl (C=S) groups is 1. The fourth-order valence-corrected chi connectivity index (χ4v) is 1.57. The molecule has 0 atom stereocenters. The van der Waals surface area contributed by atoms with Crippen molar-refractivity contribution in [1.82, 2.24) is 10.6 Å². The average molecular weight is 295 g/mol. The van der Waals surface area contributed by atoms with Crippen molar-refractivity contribution in [2.75, 3.05) is 18.4 Å². The van der Waals surface area contributed by atoms with E-state index >= 15 is 0 Å². The topological polar surface area (TPSA) is 62.4 Å². The Kier molecular flexibility index (Phi) is 6.24. The molecule has 0 bridgehead atoms. The number of benzene rings is 1. The lowest BCUT2D eigenvalue weighted by molar-refractivity contribution is 0.0529. The molecule has 0 aliphatic heterocycles. The number of para-hydroxylation sites is 1. The molecule has 0 spiro atoms. The highest BCUT2D eigenvalue weighted by atomic mass is 32.1. The molecule has 0 unspecified atom stereocenters. The largest absolute Gasteiger partial charge is 0.444 e. The highest BCUT2D eigenvalue weighted by Crippen LogP contribution is 2.06. The quantitative estimate of drug-likeness (QED) is 0.588. The highest BCUT2D eigenvalue weighted by molar-refractivity contribution is 7.80. The van der Waals surface area contributed by atoms with Gasteiger partial charge in [-0.05, 0) is 45.1 Å². The van der Waals surface area contributed by atoms with E-state index in [0.717, 1.165) is 5.69 Å². The Morgan fingerprint density at radius 3 is 2.35 bits per heavy atom. The minimum absolute atomic E-state index is 0.429. The van der Waals surface area contributed by atoms with E-state index in [0.29, 0.717) is 18.2 Å². The SMILES string of the molecule is CC(C)(C)OC(=O)NCCNC(=S)Nc1ccccc1. The first kappa shape index (κ1) is 16.2. The van der Waals surface area contributed by atoms with Gasteiger partial charge in [-0.3, -0.25) is 0 Å². The Balaban J connectivity index is 2.15. The Morgan fingerprint density at radius 1 is 1.15 bits per heavy atom. The van der Waals surface area contributed by atoms with Gasteiger partial charge in [-0.2, -0.15) is 0 Å². The summed E-state index contributed by atoms with van der Waals surface area (Å²) < 4.78 is 5.11. The molecular weight excluding hydrogens is 274 g/mol. The molecule has 0 aliphatic carbocycles. The number of amides is 1. The van der Waals surface area contributed by atoms with Crippen LogP contribution in [0.4, 0.5) is 10.5 Å². The predicted molar refractivity (Wildman–Crippen MR) is 84.9 cm³/mol. The molecule has 1 aromatic rings. The number of carbonyl (C=O) groups excluding carboxylic acids is 1. The molecule has 20 heavy (non-hydrogen) atoms. The molecule has 0 heterocycles. The van der Waals surface area contributed by atoms with Gasteiger partial charge in [-0.25, -0.2) is 4.79 Å². The first-order chi connectivity index (χ1) is 9.37. The zero-order chi connectivity index (χ0) is 15.0. The highest BCUT2D eigenvalue weighted by Gasteiger charge is 2.15. The van der Waals surface area contributed by atoms with Crippen LogP contribution < -0.4 is 16.0 Å². The van der Waals surface area contributed by atoms with Gasteiger partial charge >= 0.3 is 6.09 Å². The zero-order valence-corrected chi connectivity index (χ0v) is 12.8. The van der Waals surface area contributed by atoms with Crippen molar-refractivity contribution in [3.8, 4) is 0 Å². The first-order valence-corrected chi connectivity index (χ1v) is 6.84. The second kappa shape index (κ2) is 7.69. The summed E-state index contributed by atoms with van der Waals surface area (Å²) in [5.74, 6) is 0. The van der Waals surface area contributed by atoms with Crippen molar-refractivity contribution in [3.05, 3.63) is 30.3 Å². The van der Waals surface area contributed by atoms with E-state index in [4.69, 9.17) is 17.0 Å². The molecule has 0 aliphatic rings. The maximum atomic E-state index is 11.4. The summed E-state index contributed by atoms with van der Waals surface area (Å²) in [6.45, 7) is 6.43. The Bertz CT molecular complexity index is 443. The summed E-state index contributed by atoms with van der Waals surface area (Å²) in [5.41, 5.74) is 0.437. The van der Waals surface area contributed by atoms with Gasteiger partial charge in [-0.1, -0.05) is 18.2 Å². The molecule has 3 N–H and O–H groups in total. The fraction of sp³-hybridized carbons (Fsp3) is 0.429. The van der Waals surface area contributed by atoms with Crippen molar-refractivity contribution >= 4 is 29.1 Å². The van der Waals surface area contributed by atoms with Crippen molar-refractivity contribution in [3.63, 3.8) is 0 Å². The molecule has 0 saturated heterocycles. The molecule has 0 fully saturated rings. The molecule has 1 amide bonds. The molecule has 110 valence electrons. The van der Waals surface area contributed by atoms with Crippen molar-refractivity contribution in [2.45, 2.75) is 26.4 Å². The predicted octanol–water partition coefficient (Wildman–Crippen LogP) is 2.50. The summed E-state index contributed by atoms with van der Waals surface area (Å²) in [6, 6.07) is 9.64. The molecule has 6 heteroatoms.